The Balaban J connectivity index is 0.00000338. The van der Waals surface area contributed by atoms with E-state index >= 15 is 0 Å². The average molecular weight is 383 g/mol. The molecule has 0 unspecified atom stereocenters. The van der Waals surface area contributed by atoms with Gasteiger partial charge in [0, 0.05) is 6.54 Å². The van der Waals surface area contributed by atoms with E-state index in [9.17, 15) is 4.79 Å². The highest BCUT2D eigenvalue weighted by molar-refractivity contribution is 5.85. The zero-order valence-electron chi connectivity index (χ0n) is 16.6. The topological polar surface area (TPSA) is 55.6 Å². The molecule has 0 saturated heterocycles. The minimum Gasteiger partial charge on any atom is -0.425 e. The third-order valence-electron chi connectivity index (χ3n) is 5.54. The van der Waals surface area contributed by atoms with Crippen LogP contribution in [-0.4, -0.2) is 37.6 Å². The molecule has 0 spiro atoms. The second-order valence-electron chi connectivity index (χ2n) is 7.82. The molecule has 1 aliphatic carbocycles. The summed E-state index contributed by atoms with van der Waals surface area (Å²) < 4.78 is 5.57. The number of halogens is 1. The van der Waals surface area contributed by atoms with Crippen molar-refractivity contribution in [3.63, 3.8) is 0 Å². The Morgan fingerprint density at radius 3 is 2.65 bits per heavy atom. The highest BCUT2D eigenvalue weighted by Gasteiger charge is 2.27. The lowest BCUT2D eigenvalue weighted by atomic mass is 9.75. The third kappa shape index (κ3) is 6.26. The molecule has 2 rings (SSSR count). The van der Waals surface area contributed by atoms with Crippen molar-refractivity contribution in [2.24, 2.45) is 17.6 Å². The summed E-state index contributed by atoms with van der Waals surface area (Å²) in [5.74, 6) is 1.61. The Kier molecular flexibility index (Phi) is 9.62. The minimum atomic E-state index is -0.565. The quantitative estimate of drug-likeness (QED) is 0.566. The number of rotatable bonds is 7. The van der Waals surface area contributed by atoms with Gasteiger partial charge in [-0.3, -0.25) is 0 Å². The summed E-state index contributed by atoms with van der Waals surface area (Å²) in [6.45, 7) is 5.12. The van der Waals surface area contributed by atoms with Crippen LogP contribution in [0.4, 0.5) is 0 Å². The van der Waals surface area contributed by atoms with Crippen LogP contribution in [0.15, 0.2) is 24.3 Å². The molecular formula is C21H35ClN2O2. The number of nitrogens with two attached hydrogens (primary N) is 1. The van der Waals surface area contributed by atoms with Crippen molar-refractivity contribution >= 4 is 18.4 Å². The molecule has 0 heterocycles. The van der Waals surface area contributed by atoms with Crippen LogP contribution in [-0.2, 0) is 4.79 Å². The van der Waals surface area contributed by atoms with Gasteiger partial charge in [-0.25, -0.2) is 4.79 Å². The fourth-order valence-electron chi connectivity index (χ4n) is 3.81. The van der Waals surface area contributed by atoms with Gasteiger partial charge in [-0.15, -0.1) is 12.4 Å². The van der Waals surface area contributed by atoms with Gasteiger partial charge in [0.2, 0.25) is 0 Å². The summed E-state index contributed by atoms with van der Waals surface area (Å²) in [5, 5.41) is 0. The first-order valence-electron chi connectivity index (χ1n) is 9.64. The lowest BCUT2D eigenvalue weighted by molar-refractivity contribution is -0.137. The van der Waals surface area contributed by atoms with E-state index in [-0.39, 0.29) is 24.3 Å². The van der Waals surface area contributed by atoms with Crippen LogP contribution in [0.3, 0.4) is 0 Å². The first kappa shape index (κ1) is 22.9. The number of hydrogen-bond acceptors (Lipinski definition) is 4. The number of benzene rings is 1. The van der Waals surface area contributed by atoms with E-state index in [4.69, 9.17) is 10.5 Å². The minimum absolute atomic E-state index is 0. The second-order valence-corrected chi connectivity index (χ2v) is 7.82. The number of esters is 1. The van der Waals surface area contributed by atoms with Crippen LogP contribution >= 0.6 is 12.4 Å². The average Bonchev–Trinajstić information content (AvgIpc) is 2.60. The van der Waals surface area contributed by atoms with Crippen molar-refractivity contribution in [2.75, 3.05) is 20.6 Å². The molecule has 4 atom stereocenters. The third-order valence-corrected chi connectivity index (χ3v) is 5.54. The summed E-state index contributed by atoms with van der Waals surface area (Å²) in [4.78, 5) is 14.5. The number of hydrogen-bond donors (Lipinski definition) is 1. The molecule has 1 aliphatic rings. The maximum atomic E-state index is 12.3. The summed E-state index contributed by atoms with van der Waals surface area (Å²) in [6.07, 6.45) is 5.93. The van der Waals surface area contributed by atoms with Crippen LogP contribution in [0.1, 0.15) is 57.4 Å². The second kappa shape index (κ2) is 10.9. The fraction of sp³-hybridized carbons (Fsp3) is 0.667. The van der Waals surface area contributed by atoms with Crippen molar-refractivity contribution < 1.29 is 9.53 Å². The van der Waals surface area contributed by atoms with Gasteiger partial charge in [0.05, 0.1) is 0 Å². The summed E-state index contributed by atoms with van der Waals surface area (Å²) in [7, 11) is 4.28. The van der Waals surface area contributed by atoms with E-state index in [0.29, 0.717) is 17.6 Å². The Morgan fingerprint density at radius 2 is 2.00 bits per heavy atom. The van der Waals surface area contributed by atoms with Gasteiger partial charge in [-0.05, 0) is 62.4 Å². The molecule has 0 radical (unpaired) electrons. The van der Waals surface area contributed by atoms with Crippen molar-refractivity contribution in [2.45, 2.75) is 57.9 Å². The van der Waals surface area contributed by atoms with Gasteiger partial charge in [0.15, 0.2) is 0 Å². The lowest BCUT2D eigenvalue weighted by Crippen LogP contribution is -2.39. The van der Waals surface area contributed by atoms with Crippen LogP contribution in [0.25, 0.3) is 0 Å². The van der Waals surface area contributed by atoms with E-state index in [1.165, 1.54) is 31.2 Å². The van der Waals surface area contributed by atoms with Gasteiger partial charge < -0.3 is 15.4 Å². The summed E-state index contributed by atoms with van der Waals surface area (Å²) >= 11 is 0. The van der Waals surface area contributed by atoms with E-state index in [1.54, 1.807) is 0 Å². The molecule has 0 amide bonds. The van der Waals surface area contributed by atoms with Crippen molar-refractivity contribution in [3.8, 4) is 5.75 Å². The molecule has 0 aromatic heterocycles. The zero-order chi connectivity index (χ0) is 18.4. The SMILES string of the molecule is CC[C@H](C)[C@H](N)C(=O)Oc1cccc([C@@H]2CCCC[C@@H]2CN(C)C)c1.Cl. The van der Waals surface area contributed by atoms with Gasteiger partial charge >= 0.3 is 5.97 Å². The Hall–Kier alpha value is -1.10. The molecule has 0 aliphatic heterocycles. The number of carbonyl (C=O) groups is 1. The largest absolute Gasteiger partial charge is 0.425 e. The van der Waals surface area contributed by atoms with Gasteiger partial charge in [-0.2, -0.15) is 0 Å². The monoisotopic (exact) mass is 382 g/mol. The van der Waals surface area contributed by atoms with E-state index in [1.807, 2.05) is 32.0 Å². The predicted octanol–water partition coefficient (Wildman–Crippen LogP) is 4.22. The highest BCUT2D eigenvalue weighted by Crippen LogP contribution is 2.39. The van der Waals surface area contributed by atoms with Gasteiger partial charge in [0.25, 0.3) is 0 Å². The van der Waals surface area contributed by atoms with E-state index < -0.39 is 6.04 Å². The van der Waals surface area contributed by atoms with Crippen LogP contribution < -0.4 is 10.5 Å². The van der Waals surface area contributed by atoms with Crippen LogP contribution in [0.5, 0.6) is 5.75 Å². The molecule has 5 heteroatoms. The van der Waals surface area contributed by atoms with Crippen molar-refractivity contribution in [1.29, 1.82) is 0 Å². The first-order chi connectivity index (χ1) is 11.9. The first-order valence-corrected chi connectivity index (χ1v) is 9.64. The smallest absolute Gasteiger partial charge is 0.328 e. The standard InChI is InChI=1S/C21H34N2O2.ClH/c1-5-15(2)20(22)21(24)25-18-11-8-10-16(13-18)19-12-7-6-9-17(19)14-23(3)4;/h8,10-11,13,15,17,19-20H,5-7,9,12,14,22H2,1-4H3;1H/t15-,17+,19-,20-;/m0./s1. The number of ether oxygens (including phenoxy) is 1. The van der Waals surface area contributed by atoms with Gasteiger partial charge in [-0.1, -0.05) is 45.2 Å². The van der Waals surface area contributed by atoms with Crippen LogP contribution in [0, 0.1) is 11.8 Å². The Labute approximate surface area is 164 Å². The fourth-order valence-corrected chi connectivity index (χ4v) is 3.81. The molecule has 0 bridgehead atoms. The molecule has 26 heavy (non-hydrogen) atoms. The molecule has 1 saturated carbocycles. The van der Waals surface area contributed by atoms with E-state index in [0.717, 1.165) is 13.0 Å². The Bertz CT molecular complexity index is 565. The zero-order valence-corrected chi connectivity index (χ0v) is 17.4. The van der Waals surface area contributed by atoms with Crippen molar-refractivity contribution in [3.05, 3.63) is 29.8 Å². The molecule has 1 aromatic carbocycles. The lowest BCUT2D eigenvalue weighted by Gasteiger charge is -2.34. The number of nitrogens with zero attached hydrogens (tertiary/aromatic N) is 1. The normalized spacial score (nSPS) is 22.4. The molecular weight excluding hydrogens is 348 g/mol. The maximum Gasteiger partial charge on any atom is 0.328 e. The Morgan fingerprint density at radius 1 is 1.31 bits per heavy atom. The van der Waals surface area contributed by atoms with Gasteiger partial charge in [0.1, 0.15) is 11.8 Å². The molecule has 1 fully saturated rings. The molecule has 148 valence electrons. The summed E-state index contributed by atoms with van der Waals surface area (Å²) in [5.41, 5.74) is 7.28. The molecule has 2 N–H and O–H groups in total. The van der Waals surface area contributed by atoms with Crippen molar-refractivity contribution in [1.82, 2.24) is 4.90 Å². The van der Waals surface area contributed by atoms with E-state index in [2.05, 4.69) is 25.1 Å². The maximum absolute atomic E-state index is 12.3. The predicted molar refractivity (Wildman–Crippen MR) is 110 cm³/mol. The molecule has 1 aromatic rings. The summed E-state index contributed by atoms with van der Waals surface area (Å²) in [6, 6.07) is 7.50. The highest BCUT2D eigenvalue weighted by atomic mass is 35.5. The van der Waals surface area contributed by atoms with Crippen LogP contribution in [0.2, 0.25) is 0 Å². The molecule has 4 nitrogen and oxygen atoms in total. The number of carbonyl (C=O) groups excluding carboxylic acids is 1.